The van der Waals surface area contributed by atoms with Crippen LogP contribution in [-0.4, -0.2) is 55.1 Å². The number of rotatable bonds is 4. The SMILES string of the molecule is Nc1nc(Cl)c(-c2nc3c(Cl)cccc3s2)c(N[C@@H]2C[C@H](CO)[C@@H](O)[C@H]2O)n1. The van der Waals surface area contributed by atoms with Gasteiger partial charge in [-0.05, 0) is 18.6 Å². The van der Waals surface area contributed by atoms with Crippen molar-refractivity contribution in [3.05, 3.63) is 28.4 Å². The first-order valence-electron chi connectivity index (χ1n) is 8.51. The van der Waals surface area contributed by atoms with Gasteiger partial charge in [-0.15, -0.1) is 11.3 Å². The molecule has 28 heavy (non-hydrogen) atoms. The summed E-state index contributed by atoms with van der Waals surface area (Å²) in [6, 6.07) is 4.93. The summed E-state index contributed by atoms with van der Waals surface area (Å²) in [5.74, 6) is -0.184. The molecule has 0 aliphatic heterocycles. The van der Waals surface area contributed by atoms with Gasteiger partial charge in [-0.2, -0.15) is 4.98 Å². The summed E-state index contributed by atoms with van der Waals surface area (Å²) >= 11 is 14.0. The molecule has 148 valence electrons. The average molecular weight is 442 g/mol. The summed E-state index contributed by atoms with van der Waals surface area (Å²) in [5.41, 5.74) is 6.83. The number of thiazole rings is 1. The number of hydrogen-bond acceptors (Lipinski definition) is 9. The number of benzene rings is 1. The molecular weight excluding hydrogens is 425 g/mol. The van der Waals surface area contributed by atoms with Gasteiger partial charge in [-0.25, -0.2) is 9.97 Å². The highest BCUT2D eigenvalue weighted by Gasteiger charge is 2.41. The van der Waals surface area contributed by atoms with E-state index in [1.807, 2.05) is 12.1 Å². The molecule has 0 amide bonds. The minimum absolute atomic E-state index is 0.0397. The van der Waals surface area contributed by atoms with E-state index in [0.29, 0.717) is 33.3 Å². The van der Waals surface area contributed by atoms with Crippen molar-refractivity contribution in [2.45, 2.75) is 24.7 Å². The van der Waals surface area contributed by atoms with Crippen molar-refractivity contribution in [2.75, 3.05) is 17.7 Å². The number of halogens is 2. The number of aliphatic hydroxyl groups is 3. The van der Waals surface area contributed by atoms with Gasteiger partial charge in [0.2, 0.25) is 5.95 Å². The van der Waals surface area contributed by atoms with E-state index in [1.54, 1.807) is 6.07 Å². The fourth-order valence-corrected chi connectivity index (χ4v) is 5.02. The Balaban J connectivity index is 1.77. The van der Waals surface area contributed by atoms with Gasteiger partial charge in [-0.3, -0.25) is 0 Å². The summed E-state index contributed by atoms with van der Waals surface area (Å²) < 4.78 is 0.873. The van der Waals surface area contributed by atoms with Gasteiger partial charge in [0.05, 0.1) is 27.4 Å². The van der Waals surface area contributed by atoms with Crippen LogP contribution < -0.4 is 11.1 Å². The van der Waals surface area contributed by atoms with Crippen molar-refractivity contribution in [3.63, 3.8) is 0 Å². The quantitative estimate of drug-likeness (QED) is 0.388. The first-order chi connectivity index (χ1) is 13.4. The third kappa shape index (κ3) is 3.38. The molecule has 0 unspecified atom stereocenters. The molecule has 1 fully saturated rings. The molecule has 2 heterocycles. The number of nitrogens with zero attached hydrogens (tertiary/aromatic N) is 3. The third-order valence-corrected chi connectivity index (χ3v) is 6.44. The van der Waals surface area contributed by atoms with Crippen LogP contribution in [0.4, 0.5) is 11.8 Å². The molecule has 4 atom stereocenters. The lowest BCUT2D eigenvalue weighted by Crippen LogP contribution is -2.35. The lowest BCUT2D eigenvalue weighted by Gasteiger charge is -2.20. The van der Waals surface area contributed by atoms with Gasteiger partial charge in [0.1, 0.15) is 27.6 Å². The number of para-hydroxylation sites is 1. The molecule has 8 nitrogen and oxygen atoms in total. The smallest absolute Gasteiger partial charge is 0.223 e. The van der Waals surface area contributed by atoms with Crippen LogP contribution in [0.2, 0.25) is 10.2 Å². The van der Waals surface area contributed by atoms with Crippen molar-refractivity contribution < 1.29 is 15.3 Å². The Morgan fingerprint density at radius 3 is 2.64 bits per heavy atom. The zero-order valence-electron chi connectivity index (χ0n) is 14.4. The maximum absolute atomic E-state index is 10.3. The van der Waals surface area contributed by atoms with Crippen LogP contribution in [0.25, 0.3) is 20.8 Å². The predicted octanol–water partition coefficient (Wildman–Crippen LogP) is 2.16. The molecule has 1 aliphatic rings. The number of nitrogens with one attached hydrogen (secondary N) is 1. The topological polar surface area (TPSA) is 137 Å². The first kappa shape index (κ1) is 19.6. The summed E-state index contributed by atoms with van der Waals surface area (Å²) in [5, 5.41) is 34.0. The monoisotopic (exact) mass is 441 g/mol. The van der Waals surface area contributed by atoms with Crippen LogP contribution >= 0.6 is 34.5 Å². The molecule has 0 spiro atoms. The van der Waals surface area contributed by atoms with Crippen LogP contribution in [-0.2, 0) is 0 Å². The van der Waals surface area contributed by atoms with E-state index in [0.717, 1.165) is 4.70 Å². The Bertz CT molecular complexity index is 1030. The van der Waals surface area contributed by atoms with Crippen molar-refractivity contribution in [1.82, 2.24) is 15.0 Å². The van der Waals surface area contributed by atoms with Crippen molar-refractivity contribution >= 4 is 56.5 Å². The maximum Gasteiger partial charge on any atom is 0.223 e. The Labute approximate surface area is 174 Å². The fraction of sp³-hybridized carbons (Fsp3) is 0.353. The van der Waals surface area contributed by atoms with E-state index < -0.39 is 24.2 Å². The maximum atomic E-state index is 10.3. The van der Waals surface area contributed by atoms with Gasteiger partial charge in [0.25, 0.3) is 0 Å². The second-order valence-electron chi connectivity index (χ2n) is 6.61. The third-order valence-electron chi connectivity index (χ3n) is 4.82. The molecule has 3 aromatic rings. The molecule has 11 heteroatoms. The van der Waals surface area contributed by atoms with Crippen molar-refractivity contribution in [3.8, 4) is 10.6 Å². The number of anilines is 2. The van der Waals surface area contributed by atoms with E-state index in [-0.39, 0.29) is 17.7 Å². The van der Waals surface area contributed by atoms with E-state index >= 15 is 0 Å². The minimum atomic E-state index is -1.08. The van der Waals surface area contributed by atoms with Crippen LogP contribution in [0, 0.1) is 5.92 Å². The van der Waals surface area contributed by atoms with Gasteiger partial charge >= 0.3 is 0 Å². The summed E-state index contributed by atoms with van der Waals surface area (Å²) in [6.45, 7) is -0.230. The zero-order chi connectivity index (χ0) is 20.0. The highest BCUT2D eigenvalue weighted by atomic mass is 35.5. The number of nitrogen functional groups attached to an aromatic ring is 1. The van der Waals surface area contributed by atoms with Gasteiger partial charge < -0.3 is 26.4 Å². The normalized spacial score (nSPS) is 24.8. The molecule has 0 radical (unpaired) electrons. The van der Waals surface area contributed by atoms with E-state index in [2.05, 4.69) is 20.3 Å². The number of fused-ring (bicyclic) bond motifs is 1. The highest BCUT2D eigenvalue weighted by Crippen LogP contribution is 2.40. The largest absolute Gasteiger partial charge is 0.396 e. The Hall–Kier alpha value is -1.75. The predicted molar refractivity (Wildman–Crippen MR) is 110 cm³/mol. The minimum Gasteiger partial charge on any atom is -0.396 e. The fourth-order valence-electron chi connectivity index (χ4n) is 3.39. The molecule has 6 N–H and O–H groups in total. The van der Waals surface area contributed by atoms with Gasteiger partial charge in [0.15, 0.2) is 0 Å². The molecule has 2 aromatic heterocycles. The highest BCUT2D eigenvalue weighted by molar-refractivity contribution is 7.21. The summed E-state index contributed by atoms with van der Waals surface area (Å²) in [4.78, 5) is 12.8. The summed E-state index contributed by atoms with van der Waals surface area (Å²) in [7, 11) is 0. The molecule has 0 saturated heterocycles. The van der Waals surface area contributed by atoms with Crippen molar-refractivity contribution in [2.24, 2.45) is 5.92 Å². The Morgan fingerprint density at radius 2 is 1.96 bits per heavy atom. The number of aromatic nitrogens is 3. The number of aliphatic hydroxyl groups excluding tert-OH is 3. The molecular formula is C17H17Cl2N5O3S. The van der Waals surface area contributed by atoms with Gasteiger partial charge in [0, 0.05) is 12.5 Å². The van der Waals surface area contributed by atoms with E-state index in [9.17, 15) is 15.3 Å². The zero-order valence-corrected chi connectivity index (χ0v) is 16.7. The Morgan fingerprint density at radius 1 is 1.18 bits per heavy atom. The van der Waals surface area contributed by atoms with Gasteiger partial charge in [-0.1, -0.05) is 29.3 Å². The first-order valence-corrected chi connectivity index (χ1v) is 10.1. The van der Waals surface area contributed by atoms with Crippen LogP contribution in [0.15, 0.2) is 18.2 Å². The standard InChI is InChI=1S/C17H17Cl2N5O3S/c18-7-2-1-3-9-11(7)22-16(28-9)10-14(19)23-17(20)24-15(10)21-8-4-6(5-25)12(26)13(8)27/h1-3,6,8,12-13,25-27H,4-5H2,(H3,20,21,23,24)/t6-,8-,12-,13+/m1/s1. The summed E-state index contributed by atoms with van der Waals surface area (Å²) in [6.07, 6.45) is -1.77. The number of hydrogen-bond donors (Lipinski definition) is 5. The molecule has 4 rings (SSSR count). The van der Waals surface area contributed by atoms with Crippen LogP contribution in [0.5, 0.6) is 0 Å². The lowest BCUT2D eigenvalue weighted by molar-refractivity contribution is 0.00446. The van der Waals surface area contributed by atoms with Crippen LogP contribution in [0.1, 0.15) is 6.42 Å². The van der Waals surface area contributed by atoms with E-state index in [4.69, 9.17) is 28.9 Å². The lowest BCUT2D eigenvalue weighted by atomic mass is 10.1. The van der Waals surface area contributed by atoms with Crippen molar-refractivity contribution in [1.29, 1.82) is 0 Å². The molecule has 1 saturated carbocycles. The average Bonchev–Trinajstić information content (AvgIpc) is 3.18. The Kier molecular flexibility index (Phi) is 5.30. The van der Waals surface area contributed by atoms with Crippen LogP contribution in [0.3, 0.4) is 0 Å². The van der Waals surface area contributed by atoms with E-state index in [1.165, 1.54) is 11.3 Å². The molecule has 1 aliphatic carbocycles. The molecule has 0 bridgehead atoms. The second-order valence-corrected chi connectivity index (χ2v) is 8.41. The second kappa shape index (κ2) is 7.58. The molecule has 1 aromatic carbocycles. The number of nitrogens with two attached hydrogens (primary N) is 1.